The molecule has 2 aromatic heterocycles. The predicted octanol–water partition coefficient (Wildman–Crippen LogP) is 3.16. The summed E-state index contributed by atoms with van der Waals surface area (Å²) in [7, 11) is 1.55. The highest BCUT2D eigenvalue weighted by molar-refractivity contribution is 6.34. The van der Waals surface area contributed by atoms with Crippen LogP contribution in [-0.4, -0.2) is 22.1 Å². The van der Waals surface area contributed by atoms with Crippen molar-refractivity contribution in [1.82, 2.24) is 15.0 Å². The van der Waals surface area contributed by atoms with Crippen molar-refractivity contribution in [3.05, 3.63) is 34.2 Å². The number of halogens is 2. The smallest absolute Gasteiger partial charge is 0.212 e. The Morgan fingerprint density at radius 2 is 1.76 bits per heavy atom. The van der Waals surface area contributed by atoms with Gasteiger partial charge in [0.1, 0.15) is 10.3 Å². The van der Waals surface area contributed by atoms with E-state index in [-0.39, 0.29) is 0 Å². The Hall–Kier alpha value is -1.39. The van der Waals surface area contributed by atoms with Crippen molar-refractivity contribution in [3.8, 4) is 17.3 Å². The number of ether oxygens (including phenoxy) is 1. The number of nitrogens with zero attached hydrogens (tertiary/aromatic N) is 3. The molecular weight excluding hydrogens is 261 g/mol. The van der Waals surface area contributed by atoms with Crippen molar-refractivity contribution in [2.45, 2.75) is 6.92 Å². The van der Waals surface area contributed by atoms with Gasteiger partial charge in [-0.25, -0.2) is 15.0 Å². The lowest BCUT2D eigenvalue weighted by molar-refractivity contribution is 0.398. The van der Waals surface area contributed by atoms with Crippen LogP contribution in [0.3, 0.4) is 0 Å². The molecule has 0 aliphatic rings. The average molecular weight is 270 g/mol. The number of aromatic nitrogens is 3. The van der Waals surface area contributed by atoms with Gasteiger partial charge in [-0.3, -0.25) is 0 Å². The molecule has 0 unspecified atom stereocenters. The van der Waals surface area contributed by atoms with Gasteiger partial charge >= 0.3 is 0 Å². The van der Waals surface area contributed by atoms with Crippen LogP contribution in [0.2, 0.25) is 10.3 Å². The summed E-state index contributed by atoms with van der Waals surface area (Å²) in [5.41, 5.74) is 1.40. The molecule has 0 aromatic carbocycles. The van der Waals surface area contributed by atoms with Gasteiger partial charge in [-0.15, -0.1) is 0 Å². The standard InChI is InChI=1S/C11H9Cl2N3O/c1-6-9(12)15-11(16-10(6)13)7-3-4-8(17-2)14-5-7/h3-5H,1-2H3. The molecule has 88 valence electrons. The van der Waals surface area contributed by atoms with Crippen molar-refractivity contribution in [2.24, 2.45) is 0 Å². The Balaban J connectivity index is 2.45. The lowest BCUT2D eigenvalue weighted by Crippen LogP contribution is -1.95. The summed E-state index contributed by atoms with van der Waals surface area (Å²) in [5, 5.41) is 0.687. The van der Waals surface area contributed by atoms with E-state index in [0.29, 0.717) is 27.6 Å². The maximum atomic E-state index is 5.95. The van der Waals surface area contributed by atoms with E-state index < -0.39 is 0 Å². The minimum atomic E-state index is 0.343. The SMILES string of the molecule is COc1ccc(-c2nc(Cl)c(C)c(Cl)n2)cn1. The van der Waals surface area contributed by atoms with Gasteiger partial charge in [0.05, 0.1) is 7.11 Å². The summed E-state index contributed by atoms with van der Waals surface area (Å²) in [6.07, 6.45) is 1.61. The number of pyridine rings is 1. The zero-order valence-electron chi connectivity index (χ0n) is 9.24. The second-order valence-electron chi connectivity index (χ2n) is 3.34. The van der Waals surface area contributed by atoms with Gasteiger partial charge in [-0.2, -0.15) is 0 Å². The van der Waals surface area contributed by atoms with E-state index in [4.69, 9.17) is 27.9 Å². The minimum absolute atomic E-state index is 0.343. The quantitative estimate of drug-likeness (QED) is 0.786. The van der Waals surface area contributed by atoms with Crippen LogP contribution >= 0.6 is 23.2 Å². The summed E-state index contributed by atoms with van der Waals surface area (Å²) in [6, 6.07) is 3.52. The van der Waals surface area contributed by atoms with Crippen molar-refractivity contribution in [2.75, 3.05) is 7.11 Å². The molecule has 2 aromatic rings. The second kappa shape index (κ2) is 4.85. The van der Waals surface area contributed by atoms with E-state index in [0.717, 1.165) is 5.56 Å². The molecule has 0 bridgehead atoms. The summed E-state index contributed by atoms with van der Waals surface area (Å²) in [6.45, 7) is 1.76. The van der Waals surface area contributed by atoms with Crippen LogP contribution in [0.4, 0.5) is 0 Å². The Kier molecular flexibility index (Phi) is 3.45. The first-order valence-corrected chi connectivity index (χ1v) is 5.57. The molecule has 0 aliphatic heterocycles. The van der Waals surface area contributed by atoms with Gasteiger partial charge in [-0.05, 0) is 13.0 Å². The molecule has 0 fully saturated rings. The third-order valence-electron chi connectivity index (χ3n) is 2.23. The van der Waals surface area contributed by atoms with Crippen LogP contribution in [-0.2, 0) is 0 Å². The lowest BCUT2D eigenvalue weighted by Gasteiger charge is -2.05. The number of hydrogen-bond donors (Lipinski definition) is 0. The van der Waals surface area contributed by atoms with Crippen LogP contribution < -0.4 is 4.74 Å². The van der Waals surface area contributed by atoms with E-state index in [2.05, 4.69) is 15.0 Å². The average Bonchev–Trinajstić information content (AvgIpc) is 2.35. The van der Waals surface area contributed by atoms with Crippen LogP contribution in [0.1, 0.15) is 5.56 Å². The summed E-state index contributed by atoms with van der Waals surface area (Å²) in [4.78, 5) is 12.4. The van der Waals surface area contributed by atoms with Gasteiger partial charge < -0.3 is 4.74 Å². The van der Waals surface area contributed by atoms with Gasteiger partial charge in [0.2, 0.25) is 5.88 Å². The molecule has 6 heteroatoms. The van der Waals surface area contributed by atoms with E-state index >= 15 is 0 Å². The predicted molar refractivity (Wildman–Crippen MR) is 66.6 cm³/mol. The molecule has 2 heterocycles. The Morgan fingerprint density at radius 3 is 2.24 bits per heavy atom. The van der Waals surface area contributed by atoms with Gasteiger partial charge in [0.15, 0.2) is 5.82 Å². The molecule has 0 spiro atoms. The van der Waals surface area contributed by atoms with E-state index in [1.165, 1.54) is 0 Å². The second-order valence-corrected chi connectivity index (χ2v) is 4.06. The van der Waals surface area contributed by atoms with E-state index in [9.17, 15) is 0 Å². The third kappa shape index (κ3) is 2.48. The van der Waals surface area contributed by atoms with Crippen molar-refractivity contribution in [3.63, 3.8) is 0 Å². The maximum absolute atomic E-state index is 5.95. The van der Waals surface area contributed by atoms with E-state index in [1.807, 2.05) is 0 Å². The zero-order chi connectivity index (χ0) is 12.4. The fourth-order valence-corrected chi connectivity index (χ4v) is 1.61. The molecule has 0 atom stereocenters. The molecule has 0 N–H and O–H groups in total. The summed E-state index contributed by atoms with van der Waals surface area (Å²) < 4.78 is 4.97. The highest BCUT2D eigenvalue weighted by Gasteiger charge is 2.09. The van der Waals surface area contributed by atoms with Gasteiger partial charge in [-0.1, -0.05) is 23.2 Å². The molecule has 2 rings (SSSR count). The molecular formula is C11H9Cl2N3O. The van der Waals surface area contributed by atoms with Crippen LogP contribution in [0, 0.1) is 6.92 Å². The van der Waals surface area contributed by atoms with Crippen LogP contribution in [0.25, 0.3) is 11.4 Å². The first-order chi connectivity index (χ1) is 8.11. The van der Waals surface area contributed by atoms with Gasteiger partial charge in [0.25, 0.3) is 0 Å². The Labute approximate surface area is 109 Å². The number of hydrogen-bond acceptors (Lipinski definition) is 4. The molecule has 0 amide bonds. The van der Waals surface area contributed by atoms with Gasteiger partial charge in [0, 0.05) is 23.4 Å². The first-order valence-electron chi connectivity index (χ1n) is 4.82. The third-order valence-corrected chi connectivity index (χ3v) is 2.97. The fourth-order valence-electron chi connectivity index (χ4n) is 1.23. The summed E-state index contributed by atoms with van der Waals surface area (Å²) >= 11 is 11.9. The lowest BCUT2D eigenvalue weighted by atomic mass is 10.2. The van der Waals surface area contributed by atoms with Crippen LogP contribution in [0.5, 0.6) is 5.88 Å². The van der Waals surface area contributed by atoms with Crippen LogP contribution in [0.15, 0.2) is 18.3 Å². The molecule has 0 saturated carbocycles. The zero-order valence-corrected chi connectivity index (χ0v) is 10.7. The minimum Gasteiger partial charge on any atom is -0.481 e. The topological polar surface area (TPSA) is 47.9 Å². The monoisotopic (exact) mass is 269 g/mol. The number of methoxy groups -OCH3 is 1. The first kappa shape index (κ1) is 12.1. The van der Waals surface area contributed by atoms with E-state index in [1.54, 1.807) is 32.4 Å². The summed E-state index contributed by atoms with van der Waals surface area (Å²) in [5.74, 6) is 0.971. The molecule has 17 heavy (non-hydrogen) atoms. The largest absolute Gasteiger partial charge is 0.481 e. The molecule has 0 saturated heterocycles. The fraction of sp³-hybridized carbons (Fsp3) is 0.182. The van der Waals surface area contributed by atoms with Crippen molar-refractivity contribution >= 4 is 23.2 Å². The van der Waals surface area contributed by atoms with Crippen molar-refractivity contribution in [1.29, 1.82) is 0 Å². The highest BCUT2D eigenvalue weighted by Crippen LogP contribution is 2.24. The molecule has 0 aliphatic carbocycles. The Morgan fingerprint density at radius 1 is 1.12 bits per heavy atom. The Bertz CT molecular complexity index is 520. The van der Waals surface area contributed by atoms with Crippen molar-refractivity contribution < 1.29 is 4.74 Å². The normalized spacial score (nSPS) is 10.4. The maximum Gasteiger partial charge on any atom is 0.212 e. The highest BCUT2D eigenvalue weighted by atomic mass is 35.5. The molecule has 4 nitrogen and oxygen atoms in total. The molecule has 0 radical (unpaired) electrons. The number of rotatable bonds is 2.